The van der Waals surface area contributed by atoms with Crippen LogP contribution in [-0.2, 0) is 11.2 Å². The normalized spacial score (nSPS) is 14.5. The molecule has 5 heteroatoms. The predicted molar refractivity (Wildman–Crippen MR) is 57.9 cm³/mol. The summed E-state index contributed by atoms with van der Waals surface area (Å²) in [5.41, 5.74) is 1.32. The van der Waals surface area contributed by atoms with Gasteiger partial charge in [-0.15, -0.1) is 0 Å². The second-order valence-electron chi connectivity index (χ2n) is 3.59. The first-order valence-corrected chi connectivity index (χ1v) is 5.32. The summed E-state index contributed by atoms with van der Waals surface area (Å²) in [4.78, 5) is 27.1. The number of hydrogen-bond acceptors (Lipinski definition) is 4. The molecular weight excluding hydrogens is 230 g/mol. The molecule has 2 rings (SSSR count). The van der Waals surface area contributed by atoms with Crippen LogP contribution in [0.25, 0.3) is 0 Å². The fourth-order valence-electron chi connectivity index (χ4n) is 1.76. The first-order chi connectivity index (χ1) is 7.63. The van der Waals surface area contributed by atoms with Crippen LogP contribution in [0.2, 0.25) is 5.15 Å². The summed E-state index contributed by atoms with van der Waals surface area (Å²) < 4.78 is 4.57. The molecule has 1 aliphatic rings. The van der Waals surface area contributed by atoms with E-state index in [1.165, 1.54) is 13.2 Å². The minimum atomic E-state index is -0.571. The van der Waals surface area contributed by atoms with Gasteiger partial charge in [0.25, 0.3) is 0 Å². The largest absolute Gasteiger partial charge is 0.465 e. The topological polar surface area (TPSA) is 56.3 Å². The number of esters is 1. The Bertz CT molecular complexity index is 471. The number of pyridine rings is 1. The van der Waals surface area contributed by atoms with Crippen molar-refractivity contribution in [1.82, 2.24) is 4.98 Å². The van der Waals surface area contributed by atoms with Crippen molar-refractivity contribution < 1.29 is 14.3 Å². The lowest BCUT2D eigenvalue weighted by molar-refractivity contribution is 0.0600. The van der Waals surface area contributed by atoms with Gasteiger partial charge in [0.1, 0.15) is 5.15 Å². The van der Waals surface area contributed by atoms with E-state index in [1.54, 1.807) is 0 Å². The van der Waals surface area contributed by atoms with Crippen LogP contribution in [-0.4, -0.2) is 23.8 Å². The summed E-state index contributed by atoms with van der Waals surface area (Å²) in [5, 5.41) is 0.0975. The Morgan fingerprint density at radius 2 is 2.25 bits per heavy atom. The van der Waals surface area contributed by atoms with Crippen molar-refractivity contribution in [2.45, 2.75) is 19.3 Å². The fraction of sp³-hybridized carbons (Fsp3) is 0.364. The highest BCUT2D eigenvalue weighted by Crippen LogP contribution is 2.24. The molecule has 0 amide bonds. The van der Waals surface area contributed by atoms with Gasteiger partial charge < -0.3 is 4.74 Å². The maximum Gasteiger partial charge on any atom is 0.341 e. The van der Waals surface area contributed by atoms with Gasteiger partial charge in [-0.1, -0.05) is 11.6 Å². The Morgan fingerprint density at radius 3 is 2.94 bits per heavy atom. The lowest BCUT2D eigenvalue weighted by atomic mass is 9.94. The molecule has 16 heavy (non-hydrogen) atoms. The van der Waals surface area contributed by atoms with Crippen LogP contribution < -0.4 is 0 Å². The predicted octanol–water partition coefficient (Wildman–Crippen LogP) is 2.04. The quantitative estimate of drug-likeness (QED) is 0.556. The SMILES string of the molecule is COC(=O)c1cc2c(nc1Cl)CCCC2=O. The van der Waals surface area contributed by atoms with Gasteiger partial charge in [-0.25, -0.2) is 9.78 Å². The van der Waals surface area contributed by atoms with E-state index >= 15 is 0 Å². The van der Waals surface area contributed by atoms with Crippen LogP contribution >= 0.6 is 11.6 Å². The smallest absolute Gasteiger partial charge is 0.341 e. The molecule has 0 spiro atoms. The molecule has 1 aromatic heterocycles. The third kappa shape index (κ3) is 1.80. The Morgan fingerprint density at radius 1 is 1.50 bits per heavy atom. The number of carbonyl (C=O) groups excluding carboxylic acids is 2. The second kappa shape index (κ2) is 4.22. The number of Topliss-reactive ketones (excluding diaryl/α,β-unsaturated/α-hetero) is 1. The van der Waals surface area contributed by atoms with Gasteiger partial charge in [0.2, 0.25) is 0 Å². The van der Waals surface area contributed by atoms with Crippen LogP contribution in [0.1, 0.15) is 39.3 Å². The molecule has 84 valence electrons. The minimum absolute atomic E-state index is 0.00979. The number of carbonyl (C=O) groups is 2. The number of nitrogens with zero attached hydrogens (tertiary/aromatic N) is 1. The van der Waals surface area contributed by atoms with E-state index in [-0.39, 0.29) is 16.5 Å². The summed E-state index contributed by atoms with van der Waals surface area (Å²) in [6.07, 6.45) is 2.01. The molecule has 1 aliphatic carbocycles. The Kier molecular flexibility index (Phi) is 2.92. The molecule has 4 nitrogen and oxygen atoms in total. The number of ether oxygens (including phenoxy) is 1. The van der Waals surface area contributed by atoms with Crippen molar-refractivity contribution in [3.05, 3.63) is 28.0 Å². The van der Waals surface area contributed by atoms with E-state index in [0.29, 0.717) is 17.7 Å². The third-order valence-electron chi connectivity index (χ3n) is 2.58. The summed E-state index contributed by atoms with van der Waals surface area (Å²) in [5.74, 6) is -0.561. The Labute approximate surface area is 97.6 Å². The maximum atomic E-state index is 11.6. The van der Waals surface area contributed by atoms with E-state index in [9.17, 15) is 9.59 Å². The Hall–Kier alpha value is -1.42. The van der Waals surface area contributed by atoms with Crippen molar-refractivity contribution in [3.8, 4) is 0 Å². The number of hydrogen-bond donors (Lipinski definition) is 0. The van der Waals surface area contributed by atoms with Crippen LogP contribution in [0.5, 0.6) is 0 Å². The number of methoxy groups -OCH3 is 1. The van der Waals surface area contributed by atoms with Gasteiger partial charge >= 0.3 is 5.97 Å². The number of aryl methyl sites for hydroxylation is 1. The first-order valence-electron chi connectivity index (χ1n) is 4.94. The molecular formula is C11H10ClNO3. The fourth-order valence-corrected chi connectivity index (χ4v) is 2.00. The lowest BCUT2D eigenvalue weighted by Gasteiger charge is -2.14. The van der Waals surface area contributed by atoms with E-state index in [2.05, 4.69) is 9.72 Å². The van der Waals surface area contributed by atoms with Gasteiger partial charge in [-0.3, -0.25) is 4.79 Å². The molecule has 0 atom stereocenters. The molecule has 0 saturated heterocycles. The zero-order valence-electron chi connectivity index (χ0n) is 8.75. The van der Waals surface area contributed by atoms with Crippen LogP contribution in [0, 0.1) is 0 Å². The number of fused-ring (bicyclic) bond motifs is 1. The highest BCUT2D eigenvalue weighted by Gasteiger charge is 2.23. The van der Waals surface area contributed by atoms with Crippen molar-refractivity contribution >= 4 is 23.4 Å². The molecule has 0 N–H and O–H groups in total. The summed E-state index contributed by atoms with van der Waals surface area (Å²) in [6, 6.07) is 1.48. The van der Waals surface area contributed by atoms with Gasteiger partial charge in [0.05, 0.1) is 18.4 Å². The average molecular weight is 240 g/mol. The number of halogens is 1. The Balaban J connectivity index is 2.54. The molecule has 1 heterocycles. The van der Waals surface area contributed by atoms with Gasteiger partial charge in [0, 0.05) is 12.0 Å². The monoisotopic (exact) mass is 239 g/mol. The molecule has 0 aromatic carbocycles. The van der Waals surface area contributed by atoms with E-state index in [4.69, 9.17) is 11.6 Å². The molecule has 0 radical (unpaired) electrons. The third-order valence-corrected chi connectivity index (χ3v) is 2.87. The molecule has 0 bridgehead atoms. The molecule has 1 aromatic rings. The molecule has 0 unspecified atom stereocenters. The van der Waals surface area contributed by atoms with Crippen molar-refractivity contribution in [3.63, 3.8) is 0 Å². The number of aromatic nitrogens is 1. The van der Waals surface area contributed by atoms with E-state index < -0.39 is 5.97 Å². The van der Waals surface area contributed by atoms with Crippen molar-refractivity contribution in [2.75, 3.05) is 7.11 Å². The summed E-state index contributed by atoms with van der Waals surface area (Å²) in [6.45, 7) is 0. The summed E-state index contributed by atoms with van der Waals surface area (Å²) in [7, 11) is 1.26. The van der Waals surface area contributed by atoms with Crippen LogP contribution in [0.15, 0.2) is 6.07 Å². The summed E-state index contributed by atoms with van der Waals surface area (Å²) >= 11 is 5.86. The molecule has 0 aliphatic heterocycles. The van der Waals surface area contributed by atoms with E-state index in [0.717, 1.165) is 12.8 Å². The van der Waals surface area contributed by atoms with Crippen molar-refractivity contribution in [1.29, 1.82) is 0 Å². The van der Waals surface area contributed by atoms with Gasteiger partial charge in [-0.2, -0.15) is 0 Å². The maximum absolute atomic E-state index is 11.6. The van der Waals surface area contributed by atoms with Gasteiger partial charge in [0.15, 0.2) is 5.78 Å². The highest BCUT2D eigenvalue weighted by atomic mass is 35.5. The highest BCUT2D eigenvalue weighted by molar-refractivity contribution is 6.32. The average Bonchev–Trinajstić information content (AvgIpc) is 2.28. The zero-order valence-corrected chi connectivity index (χ0v) is 9.50. The van der Waals surface area contributed by atoms with Gasteiger partial charge in [-0.05, 0) is 18.9 Å². The van der Waals surface area contributed by atoms with E-state index in [1.807, 2.05) is 0 Å². The second-order valence-corrected chi connectivity index (χ2v) is 3.95. The lowest BCUT2D eigenvalue weighted by Crippen LogP contribution is -2.15. The zero-order chi connectivity index (χ0) is 11.7. The number of ketones is 1. The minimum Gasteiger partial charge on any atom is -0.465 e. The molecule has 0 fully saturated rings. The number of rotatable bonds is 1. The van der Waals surface area contributed by atoms with Crippen LogP contribution in [0.4, 0.5) is 0 Å². The first kappa shape index (κ1) is 11.1. The standard InChI is InChI=1S/C11H10ClNO3/c1-16-11(15)7-5-6-8(13-10(7)12)3-2-4-9(6)14/h5H,2-4H2,1H3. The molecule has 0 saturated carbocycles. The van der Waals surface area contributed by atoms with Crippen LogP contribution in [0.3, 0.4) is 0 Å². The van der Waals surface area contributed by atoms with Crippen molar-refractivity contribution in [2.24, 2.45) is 0 Å².